The number of nitrogens with one attached hydrogen (secondary N) is 2. The van der Waals surface area contributed by atoms with Crippen LogP contribution in [0.2, 0.25) is 0 Å². The number of nitrogens with two attached hydrogens (primary N) is 1. The molecule has 11 nitrogen and oxygen atoms in total. The third kappa shape index (κ3) is 9.03. The van der Waals surface area contributed by atoms with E-state index in [0.29, 0.717) is 16.8 Å². The first-order chi connectivity index (χ1) is 18.2. The molecule has 4 amide bonds. The highest BCUT2D eigenvalue weighted by molar-refractivity contribution is 5.99. The number of para-hydroxylation sites is 1. The lowest BCUT2D eigenvalue weighted by molar-refractivity contribution is -0.140. The largest absolute Gasteiger partial charge is 0.508 e. The van der Waals surface area contributed by atoms with Gasteiger partial charge in [-0.05, 0) is 75.9 Å². The Morgan fingerprint density at radius 3 is 2.33 bits per heavy atom. The number of ether oxygens (including phenoxy) is 1. The van der Waals surface area contributed by atoms with Crippen molar-refractivity contribution in [1.29, 1.82) is 5.26 Å². The molecule has 0 saturated carbocycles. The van der Waals surface area contributed by atoms with Gasteiger partial charge in [0.2, 0.25) is 11.8 Å². The summed E-state index contributed by atoms with van der Waals surface area (Å²) in [5.74, 6) is -2.13. The van der Waals surface area contributed by atoms with Gasteiger partial charge in [0, 0.05) is 12.1 Å². The topological polar surface area (TPSA) is 175 Å². The van der Waals surface area contributed by atoms with E-state index in [9.17, 15) is 29.5 Å². The minimum Gasteiger partial charge on any atom is -0.508 e. The van der Waals surface area contributed by atoms with Gasteiger partial charge in [0.05, 0.1) is 6.07 Å². The second-order valence-electron chi connectivity index (χ2n) is 10.1. The van der Waals surface area contributed by atoms with Crippen molar-refractivity contribution < 1.29 is 29.0 Å². The summed E-state index contributed by atoms with van der Waals surface area (Å²) < 4.78 is 5.27. The maximum absolute atomic E-state index is 13.9. The van der Waals surface area contributed by atoms with E-state index in [4.69, 9.17) is 10.5 Å². The molecule has 0 heterocycles. The Morgan fingerprint density at radius 2 is 1.77 bits per heavy atom. The highest BCUT2D eigenvalue weighted by atomic mass is 16.6. The molecule has 0 spiro atoms. The number of aromatic hydroxyl groups is 1. The normalized spacial score (nSPS) is 12.4. The van der Waals surface area contributed by atoms with Gasteiger partial charge in [-0.1, -0.05) is 24.3 Å². The van der Waals surface area contributed by atoms with Crippen LogP contribution < -0.4 is 16.4 Å². The average molecular weight is 538 g/mol. The van der Waals surface area contributed by atoms with Gasteiger partial charge in [0.1, 0.15) is 30.0 Å². The summed E-state index contributed by atoms with van der Waals surface area (Å²) in [6.07, 6.45) is -1.34. The SMILES string of the molecule is Cc1cc(C(C(=O)Nc2ccccc2C)N(CC#N)C(=O)C(CCC(N)=O)NC(=O)OC(C)(C)C)ccc1O. The predicted octanol–water partition coefficient (Wildman–Crippen LogP) is 3.20. The van der Waals surface area contributed by atoms with Crippen LogP contribution in [0.25, 0.3) is 0 Å². The summed E-state index contributed by atoms with van der Waals surface area (Å²) in [6.45, 7) is 7.85. The molecule has 11 heteroatoms. The van der Waals surface area contributed by atoms with Gasteiger partial charge in [0.15, 0.2) is 0 Å². The number of nitrogens with zero attached hydrogens (tertiary/aromatic N) is 2. The van der Waals surface area contributed by atoms with Crippen LogP contribution >= 0.6 is 0 Å². The number of primary amides is 1. The monoisotopic (exact) mass is 537 g/mol. The first-order valence-electron chi connectivity index (χ1n) is 12.3. The summed E-state index contributed by atoms with van der Waals surface area (Å²) in [5.41, 5.74) is 6.47. The number of phenols is 1. The minimum atomic E-state index is -1.33. The second kappa shape index (κ2) is 13.3. The average Bonchev–Trinajstić information content (AvgIpc) is 2.83. The molecule has 2 aromatic rings. The molecule has 0 bridgehead atoms. The number of rotatable bonds is 10. The summed E-state index contributed by atoms with van der Waals surface area (Å²) in [4.78, 5) is 52.7. The molecular weight excluding hydrogens is 502 g/mol. The molecule has 0 aliphatic heterocycles. The van der Waals surface area contributed by atoms with E-state index in [1.807, 2.05) is 12.1 Å². The molecule has 0 aliphatic carbocycles. The molecule has 0 saturated heterocycles. The molecule has 2 aromatic carbocycles. The van der Waals surface area contributed by atoms with E-state index in [1.54, 1.807) is 52.8 Å². The van der Waals surface area contributed by atoms with Crippen LogP contribution in [0.3, 0.4) is 0 Å². The smallest absolute Gasteiger partial charge is 0.408 e. The van der Waals surface area contributed by atoms with Crippen molar-refractivity contribution in [1.82, 2.24) is 10.2 Å². The van der Waals surface area contributed by atoms with Crippen LogP contribution in [0, 0.1) is 25.2 Å². The number of nitriles is 1. The Hall–Kier alpha value is -4.59. The Kier molecular flexibility index (Phi) is 10.4. The van der Waals surface area contributed by atoms with Gasteiger partial charge in [0.25, 0.3) is 5.91 Å². The van der Waals surface area contributed by atoms with Crippen molar-refractivity contribution in [3.8, 4) is 11.8 Å². The first-order valence-corrected chi connectivity index (χ1v) is 12.3. The molecule has 39 heavy (non-hydrogen) atoms. The second-order valence-corrected chi connectivity index (χ2v) is 10.1. The highest BCUT2D eigenvalue weighted by Gasteiger charge is 2.36. The molecular formula is C28H35N5O6. The quantitative estimate of drug-likeness (QED) is 0.336. The van der Waals surface area contributed by atoms with Gasteiger partial charge in [-0.2, -0.15) is 5.26 Å². The summed E-state index contributed by atoms with van der Waals surface area (Å²) in [5, 5.41) is 24.9. The van der Waals surface area contributed by atoms with Gasteiger partial charge in [-0.25, -0.2) is 4.79 Å². The molecule has 0 aromatic heterocycles. The lowest BCUT2D eigenvalue weighted by Crippen LogP contribution is -2.52. The highest BCUT2D eigenvalue weighted by Crippen LogP contribution is 2.29. The zero-order valence-corrected chi connectivity index (χ0v) is 22.8. The van der Waals surface area contributed by atoms with Crippen molar-refractivity contribution in [2.75, 3.05) is 11.9 Å². The Bertz CT molecular complexity index is 1260. The van der Waals surface area contributed by atoms with Gasteiger partial charge >= 0.3 is 6.09 Å². The molecule has 5 N–H and O–H groups in total. The Labute approximate surface area is 227 Å². The summed E-state index contributed by atoms with van der Waals surface area (Å²) >= 11 is 0. The number of alkyl carbamates (subject to hydrolysis) is 1. The number of hydrogen-bond donors (Lipinski definition) is 4. The predicted molar refractivity (Wildman–Crippen MR) is 144 cm³/mol. The van der Waals surface area contributed by atoms with Crippen LogP contribution in [0.1, 0.15) is 56.3 Å². The van der Waals surface area contributed by atoms with Crippen LogP contribution in [0.5, 0.6) is 5.75 Å². The van der Waals surface area contributed by atoms with Crippen LogP contribution in [-0.2, 0) is 19.1 Å². The molecule has 2 unspecified atom stereocenters. The van der Waals surface area contributed by atoms with Crippen molar-refractivity contribution >= 4 is 29.5 Å². The van der Waals surface area contributed by atoms with Gasteiger partial charge in [-0.15, -0.1) is 0 Å². The van der Waals surface area contributed by atoms with Crippen LogP contribution in [0.15, 0.2) is 42.5 Å². The molecule has 208 valence electrons. The number of carbonyl (C=O) groups excluding carboxylic acids is 4. The van der Waals surface area contributed by atoms with E-state index in [0.717, 1.165) is 10.5 Å². The van der Waals surface area contributed by atoms with Crippen LogP contribution in [-0.4, -0.2) is 52.0 Å². The standard InChI is InChI=1S/C28H35N5O6/c1-17-8-6-7-9-20(17)31-25(36)24(19-10-12-22(34)18(2)16-19)33(15-14-29)26(37)21(11-13-23(30)35)32-27(38)39-28(3,4)5/h6-10,12,16,21,24,34H,11,13,15H2,1-5H3,(H2,30,35)(H,31,36)(H,32,38). The Morgan fingerprint density at radius 1 is 1.10 bits per heavy atom. The molecule has 2 rings (SSSR count). The molecule has 0 radical (unpaired) electrons. The van der Waals surface area contributed by atoms with Crippen LogP contribution in [0.4, 0.5) is 10.5 Å². The van der Waals surface area contributed by atoms with E-state index >= 15 is 0 Å². The third-order valence-electron chi connectivity index (χ3n) is 5.69. The van der Waals surface area contributed by atoms with Crippen molar-refractivity contribution in [3.63, 3.8) is 0 Å². The summed E-state index contributed by atoms with van der Waals surface area (Å²) in [7, 11) is 0. The minimum absolute atomic E-state index is 0.0131. The van der Waals surface area contributed by atoms with E-state index in [2.05, 4.69) is 10.6 Å². The van der Waals surface area contributed by atoms with E-state index in [-0.39, 0.29) is 18.6 Å². The lowest BCUT2D eigenvalue weighted by Gasteiger charge is -2.33. The fourth-order valence-corrected chi connectivity index (χ4v) is 3.80. The number of phenolic OH excluding ortho intramolecular Hbond substituents is 1. The zero-order valence-electron chi connectivity index (χ0n) is 22.8. The molecule has 0 fully saturated rings. The number of anilines is 1. The van der Waals surface area contributed by atoms with Gasteiger partial charge < -0.3 is 31.1 Å². The number of benzene rings is 2. The van der Waals surface area contributed by atoms with Crippen molar-refractivity contribution in [2.45, 2.75) is 65.1 Å². The molecule has 0 aliphatic rings. The fourth-order valence-electron chi connectivity index (χ4n) is 3.80. The maximum atomic E-state index is 13.9. The first kappa shape index (κ1) is 30.6. The number of amides is 4. The van der Waals surface area contributed by atoms with E-state index in [1.165, 1.54) is 18.2 Å². The van der Waals surface area contributed by atoms with Crippen molar-refractivity contribution in [3.05, 3.63) is 59.2 Å². The summed E-state index contributed by atoms with van der Waals surface area (Å²) in [6, 6.07) is 10.7. The number of carbonyl (C=O) groups is 4. The van der Waals surface area contributed by atoms with Crippen molar-refractivity contribution in [2.24, 2.45) is 5.73 Å². The fraction of sp³-hybridized carbons (Fsp3) is 0.393. The number of aryl methyl sites for hydroxylation is 2. The van der Waals surface area contributed by atoms with Gasteiger partial charge in [-0.3, -0.25) is 14.4 Å². The number of hydrogen-bond acceptors (Lipinski definition) is 7. The molecule has 2 atom stereocenters. The lowest BCUT2D eigenvalue weighted by atomic mass is 9.99. The van der Waals surface area contributed by atoms with E-state index < -0.39 is 48.0 Å². The third-order valence-corrected chi connectivity index (χ3v) is 5.69. The zero-order chi connectivity index (χ0) is 29.3. The Balaban J connectivity index is 2.56. The maximum Gasteiger partial charge on any atom is 0.408 e.